The Labute approximate surface area is 112 Å². The topological polar surface area (TPSA) is 15.3 Å². The summed E-state index contributed by atoms with van der Waals surface area (Å²) >= 11 is 0. The van der Waals surface area contributed by atoms with Crippen LogP contribution in [0.4, 0.5) is 0 Å². The third-order valence-electron chi connectivity index (χ3n) is 3.29. The second-order valence-corrected chi connectivity index (χ2v) is 5.80. The summed E-state index contributed by atoms with van der Waals surface area (Å²) in [5.74, 6) is 0. The van der Waals surface area contributed by atoms with Crippen LogP contribution in [0.1, 0.15) is 43.0 Å². The molecule has 0 saturated carbocycles. The molecule has 1 aromatic carbocycles. The predicted molar refractivity (Wildman–Crippen MR) is 80.1 cm³/mol. The fourth-order valence-corrected chi connectivity index (χ4v) is 2.32. The molecule has 0 saturated heterocycles. The molecule has 0 radical (unpaired) electrons. The SMILES string of the molecule is Cc1cc(C)cc(C(C)NC(C)CCN(C)C)c1. The molecule has 0 spiro atoms. The van der Waals surface area contributed by atoms with Gasteiger partial charge in [-0.15, -0.1) is 0 Å². The second-order valence-electron chi connectivity index (χ2n) is 5.80. The van der Waals surface area contributed by atoms with Gasteiger partial charge in [-0.3, -0.25) is 0 Å². The van der Waals surface area contributed by atoms with E-state index in [1.54, 1.807) is 0 Å². The first-order chi connectivity index (χ1) is 8.38. The molecule has 0 amide bonds. The highest BCUT2D eigenvalue weighted by Crippen LogP contribution is 2.17. The van der Waals surface area contributed by atoms with E-state index < -0.39 is 0 Å². The lowest BCUT2D eigenvalue weighted by atomic mass is 10.0. The van der Waals surface area contributed by atoms with Crippen LogP contribution in [0.25, 0.3) is 0 Å². The number of hydrogen-bond acceptors (Lipinski definition) is 2. The van der Waals surface area contributed by atoms with Crippen molar-refractivity contribution in [3.8, 4) is 0 Å². The number of nitrogens with zero attached hydrogens (tertiary/aromatic N) is 1. The van der Waals surface area contributed by atoms with E-state index in [1.165, 1.54) is 23.1 Å². The molecule has 2 heteroatoms. The molecule has 0 bridgehead atoms. The van der Waals surface area contributed by atoms with Crippen LogP contribution in [0.5, 0.6) is 0 Å². The molecule has 0 fully saturated rings. The van der Waals surface area contributed by atoms with Crippen LogP contribution in [0, 0.1) is 13.8 Å². The maximum atomic E-state index is 3.68. The summed E-state index contributed by atoms with van der Waals surface area (Å²) in [5.41, 5.74) is 4.09. The minimum absolute atomic E-state index is 0.417. The molecule has 1 rings (SSSR count). The summed E-state index contributed by atoms with van der Waals surface area (Å²) < 4.78 is 0. The predicted octanol–water partition coefficient (Wildman–Crippen LogP) is 3.29. The normalized spacial score (nSPS) is 14.8. The Morgan fingerprint density at radius 3 is 2.11 bits per heavy atom. The molecule has 0 aliphatic heterocycles. The number of aryl methyl sites for hydroxylation is 2. The Balaban J connectivity index is 2.56. The van der Waals surface area contributed by atoms with E-state index >= 15 is 0 Å². The average molecular weight is 248 g/mol. The Morgan fingerprint density at radius 1 is 1.06 bits per heavy atom. The van der Waals surface area contributed by atoms with Crippen molar-refractivity contribution in [2.45, 2.75) is 46.2 Å². The third-order valence-corrected chi connectivity index (χ3v) is 3.29. The van der Waals surface area contributed by atoms with Crippen molar-refractivity contribution in [3.05, 3.63) is 34.9 Å². The van der Waals surface area contributed by atoms with E-state index in [0.29, 0.717) is 12.1 Å². The summed E-state index contributed by atoms with van der Waals surface area (Å²) in [5, 5.41) is 3.68. The highest BCUT2D eigenvalue weighted by molar-refractivity contribution is 5.30. The molecular weight excluding hydrogens is 220 g/mol. The van der Waals surface area contributed by atoms with Crippen LogP contribution in [0.2, 0.25) is 0 Å². The van der Waals surface area contributed by atoms with Crippen molar-refractivity contribution in [2.75, 3.05) is 20.6 Å². The molecule has 2 unspecified atom stereocenters. The molecule has 2 atom stereocenters. The van der Waals surface area contributed by atoms with Gasteiger partial charge in [-0.2, -0.15) is 0 Å². The monoisotopic (exact) mass is 248 g/mol. The van der Waals surface area contributed by atoms with Gasteiger partial charge >= 0.3 is 0 Å². The zero-order chi connectivity index (χ0) is 13.7. The van der Waals surface area contributed by atoms with Gasteiger partial charge in [-0.25, -0.2) is 0 Å². The number of benzene rings is 1. The van der Waals surface area contributed by atoms with E-state index in [-0.39, 0.29) is 0 Å². The average Bonchev–Trinajstić information content (AvgIpc) is 2.25. The van der Waals surface area contributed by atoms with Crippen molar-refractivity contribution in [1.82, 2.24) is 10.2 Å². The number of nitrogens with one attached hydrogen (secondary N) is 1. The fraction of sp³-hybridized carbons (Fsp3) is 0.625. The summed E-state index contributed by atoms with van der Waals surface area (Å²) in [7, 11) is 4.25. The first-order valence-electron chi connectivity index (χ1n) is 6.87. The molecule has 0 aromatic heterocycles. The van der Waals surface area contributed by atoms with Gasteiger partial charge in [0.05, 0.1) is 0 Å². The van der Waals surface area contributed by atoms with E-state index in [1.807, 2.05) is 0 Å². The van der Waals surface area contributed by atoms with Crippen molar-refractivity contribution in [2.24, 2.45) is 0 Å². The Bertz CT molecular complexity index is 351. The molecule has 0 aliphatic rings. The lowest BCUT2D eigenvalue weighted by Crippen LogP contribution is -2.31. The summed E-state index contributed by atoms with van der Waals surface area (Å²) in [4.78, 5) is 2.24. The van der Waals surface area contributed by atoms with E-state index in [9.17, 15) is 0 Å². The zero-order valence-corrected chi connectivity index (χ0v) is 12.7. The highest BCUT2D eigenvalue weighted by Gasteiger charge is 2.10. The minimum atomic E-state index is 0.417. The van der Waals surface area contributed by atoms with Crippen LogP contribution in [0.15, 0.2) is 18.2 Å². The molecule has 102 valence electrons. The molecule has 1 N–H and O–H groups in total. The van der Waals surface area contributed by atoms with Gasteiger partial charge in [0.1, 0.15) is 0 Å². The van der Waals surface area contributed by atoms with E-state index in [0.717, 1.165) is 6.54 Å². The van der Waals surface area contributed by atoms with Crippen molar-refractivity contribution < 1.29 is 0 Å². The van der Waals surface area contributed by atoms with Crippen LogP contribution in [-0.2, 0) is 0 Å². The smallest absolute Gasteiger partial charge is 0.0294 e. The Hall–Kier alpha value is -0.860. The first-order valence-corrected chi connectivity index (χ1v) is 6.87. The Kier molecular flexibility index (Phi) is 5.83. The first kappa shape index (κ1) is 15.2. The molecular formula is C16H28N2. The van der Waals surface area contributed by atoms with Crippen molar-refractivity contribution in [3.63, 3.8) is 0 Å². The van der Waals surface area contributed by atoms with Gasteiger partial charge < -0.3 is 10.2 Å². The van der Waals surface area contributed by atoms with Gasteiger partial charge in [0.2, 0.25) is 0 Å². The van der Waals surface area contributed by atoms with Crippen LogP contribution >= 0.6 is 0 Å². The third kappa shape index (κ3) is 5.19. The minimum Gasteiger partial charge on any atom is -0.309 e. The molecule has 2 nitrogen and oxygen atoms in total. The van der Waals surface area contributed by atoms with Crippen LogP contribution < -0.4 is 5.32 Å². The largest absolute Gasteiger partial charge is 0.309 e. The zero-order valence-electron chi connectivity index (χ0n) is 12.7. The maximum Gasteiger partial charge on any atom is 0.0294 e. The quantitative estimate of drug-likeness (QED) is 0.831. The lowest BCUT2D eigenvalue weighted by Gasteiger charge is -2.22. The van der Waals surface area contributed by atoms with Crippen molar-refractivity contribution >= 4 is 0 Å². The van der Waals surface area contributed by atoms with Gasteiger partial charge in [-0.05, 0) is 60.3 Å². The van der Waals surface area contributed by atoms with Gasteiger partial charge in [0, 0.05) is 12.1 Å². The van der Waals surface area contributed by atoms with Crippen molar-refractivity contribution in [1.29, 1.82) is 0 Å². The molecule has 0 aliphatic carbocycles. The number of rotatable bonds is 6. The standard InChI is InChI=1S/C16H28N2/c1-12-9-13(2)11-16(10-12)15(4)17-14(3)7-8-18(5)6/h9-11,14-15,17H,7-8H2,1-6H3. The number of hydrogen-bond donors (Lipinski definition) is 1. The molecule has 1 aromatic rings. The summed E-state index contributed by atoms with van der Waals surface area (Å²) in [6.07, 6.45) is 1.18. The lowest BCUT2D eigenvalue weighted by molar-refractivity contribution is 0.354. The molecule has 18 heavy (non-hydrogen) atoms. The van der Waals surface area contributed by atoms with Gasteiger partial charge in [0.15, 0.2) is 0 Å². The highest BCUT2D eigenvalue weighted by atomic mass is 15.1. The van der Waals surface area contributed by atoms with Crippen LogP contribution in [-0.4, -0.2) is 31.6 Å². The van der Waals surface area contributed by atoms with E-state index in [2.05, 4.69) is 70.2 Å². The second kappa shape index (κ2) is 6.91. The van der Waals surface area contributed by atoms with Gasteiger partial charge in [-0.1, -0.05) is 29.3 Å². The maximum absolute atomic E-state index is 3.68. The van der Waals surface area contributed by atoms with Gasteiger partial charge in [0.25, 0.3) is 0 Å². The summed E-state index contributed by atoms with van der Waals surface area (Å²) in [6, 6.07) is 7.75. The fourth-order valence-electron chi connectivity index (χ4n) is 2.32. The summed E-state index contributed by atoms with van der Waals surface area (Å²) in [6.45, 7) is 9.98. The van der Waals surface area contributed by atoms with E-state index in [4.69, 9.17) is 0 Å². The van der Waals surface area contributed by atoms with Crippen LogP contribution in [0.3, 0.4) is 0 Å². The molecule has 0 heterocycles. The Morgan fingerprint density at radius 2 is 1.61 bits per heavy atom.